The maximum absolute atomic E-state index is 12.8. The van der Waals surface area contributed by atoms with E-state index in [4.69, 9.17) is 16.1 Å². The van der Waals surface area contributed by atoms with Gasteiger partial charge in [-0.1, -0.05) is 23.4 Å². The molecule has 0 unspecified atom stereocenters. The highest BCUT2D eigenvalue weighted by Crippen LogP contribution is 2.27. The Kier molecular flexibility index (Phi) is 5.21. The smallest absolute Gasteiger partial charge is 0.257 e. The van der Waals surface area contributed by atoms with E-state index in [0.29, 0.717) is 35.2 Å². The van der Waals surface area contributed by atoms with Crippen LogP contribution in [-0.2, 0) is 11.3 Å². The number of aromatic amines is 1. The number of halogens is 1. The van der Waals surface area contributed by atoms with Crippen LogP contribution in [0.15, 0.2) is 41.2 Å². The number of anilines is 1. The number of nitrogens with one attached hydrogen (secondary N) is 2. The van der Waals surface area contributed by atoms with Gasteiger partial charge in [-0.3, -0.25) is 4.79 Å². The molecule has 1 saturated heterocycles. The lowest BCUT2D eigenvalue weighted by Crippen LogP contribution is -2.43. The second-order valence-corrected chi connectivity index (χ2v) is 7.64. The van der Waals surface area contributed by atoms with Crippen molar-refractivity contribution in [2.75, 3.05) is 18.0 Å². The molecule has 3 aromatic heterocycles. The van der Waals surface area contributed by atoms with Crippen LogP contribution in [0.4, 0.5) is 5.82 Å². The molecule has 1 amide bonds. The molecule has 0 bridgehead atoms. The number of imidazole rings is 1. The molecule has 0 aliphatic carbocycles. The minimum atomic E-state index is -0.194. The highest BCUT2D eigenvalue weighted by atomic mass is 35.5. The molecule has 0 saturated carbocycles. The van der Waals surface area contributed by atoms with E-state index in [-0.39, 0.29) is 23.7 Å². The predicted molar refractivity (Wildman–Crippen MR) is 113 cm³/mol. The molecule has 1 aliphatic rings. The van der Waals surface area contributed by atoms with Crippen molar-refractivity contribution in [3.05, 3.63) is 47.8 Å². The molecule has 0 spiro atoms. The van der Waals surface area contributed by atoms with Crippen LogP contribution in [-0.4, -0.2) is 49.1 Å². The van der Waals surface area contributed by atoms with Crippen molar-refractivity contribution in [2.45, 2.75) is 19.4 Å². The second-order valence-electron chi connectivity index (χ2n) is 7.30. The first-order chi connectivity index (χ1) is 15.2. The number of carbonyl (C=O) groups excluding carboxylic acids is 1. The van der Waals surface area contributed by atoms with Crippen LogP contribution in [0.1, 0.15) is 18.7 Å². The van der Waals surface area contributed by atoms with Crippen molar-refractivity contribution in [3.8, 4) is 11.5 Å². The lowest BCUT2D eigenvalue weighted by atomic mass is 9.97. The van der Waals surface area contributed by atoms with Crippen LogP contribution in [0, 0.1) is 5.92 Å². The summed E-state index contributed by atoms with van der Waals surface area (Å²) >= 11 is 6.06. The summed E-state index contributed by atoms with van der Waals surface area (Å²) in [4.78, 5) is 34.9. The molecular weight excluding hydrogens is 420 g/mol. The van der Waals surface area contributed by atoms with Gasteiger partial charge in [-0.15, -0.1) is 0 Å². The molecule has 0 radical (unpaired) electrons. The summed E-state index contributed by atoms with van der Waals surface area (Å²) in [7, 11) is 0. The summed E-state index contributed by atoms with van der Waals surface area (Å²) in [6.07, 6.45) is 3.20. The molecule has 1 aliphatic heterocycles. The van der Waals surface area contributed by atoms with E-state index in [2.05, 4.69) is 35.4 Å². The number of aromatic nitrogens is 6. The largest absolute Gasteiger partial charge is 0.354 e. The molecule has 158 valence electrons. The number of carbonyl (C=O) groups is 1. The molecule has 4 heterocycles. The Morgan fingerprint density at radius 2 is 2.13 bits per heavy atom. The van der Waals surface area contributed by atoms with Crippen LogP contribution in [0.3, 0.4) is 0 Å². The maximum Gasteiger partial charge on any atom is 0.257 e. The van der Waals surface area contributed by atoms with Gasteiger partial charge in [-0.2, -0.15) is 15.0 Å². The molecule has 2 N–H and O–H groups in total. The minimum absolute atomic E-state index is 0.0585. The summed E-state index contributed by atoms with van der Waals surface area (Å²) in [6, 6.07) is 9.50. The molecule has 31 heavy (non-hydrogen) atoms. The normalized spacial score (nSPS) is 16.5. The second kappa shape index (κ2) is 8.31. The van der Waals surface area contributed by atoms with Gasteiger partial charge >= 0.3 is 0 Å². The number of benzene rings is 1. The number of hydrogen-bond acceptors (Lipinski definition) is 8. The topological polar surface area (TPSA) is 126 Å². The summed E-state index contributed by atoms with van der Waals surface area (Å²) in [5, 5.41) is 7.01. The molecule has 10 nitrogen and oxygen atoms in total. The van der Waals surface area contributed by atoms with Crippen LogP contribution < -0.4 is 10.2 Å². The zero-order valence-electron chi connectivity index (χ0n) is 16.5. The Balaban J connectivity index is 1.24. The third kappa shape index (κ3) is 4.06. The van der Waals surface area contributed by atoms with E-state index in [1.54, 1.807) is 6.33 Å². The summed E-state index contributed by atoms with van der Waals surface area (Å²) in [6.45, 7) is 1.50. The monoisotopic (exact) mass is 438 g/mol. The van der Waals surface area contributed by atoms with Gasteiger partial charge in [0.2, 0.25) is 11.2 Å². The molecule has 11 heteroatoms. The number of rotatable bonds is 5. The first kappa shape index (κ1) is 19.4. The van der Waals surface area contributed by atoms with E-state index in [1.807, 2.05) is 35.2 Å². The van der Waals surface area contributed by atoms with E-state index < -0.39 is 0 Å². The Hall–Kier alpha value is -3.53. The fourth-order valence-electron chi connectivity index (χ4n) is 3.74. The zero-order chi connectivity index (χ0) is 21.2. The number of H-pyrrole nitrogens is 1. The number of piperidine rings is 1. The highest BCUT2D eigenvalue weighted by Gasteiger charge is 2.28. The first-order valence-electron chi connectivity index (χ1n) is 9.94. The summed E-state index contributed by atoms with van der Waals surface area (Å²) in [5.74, 6) is 1.27. The van der Waals surface area contributed by atoms with Gasteiger partial charge in [-0.05, 0) is 36.6 Å². The number of amides is 1. The minimum Gasteiger partial charge on any atom is -0.354 e. The predicted octanol–water partition coefficient (Wildman–Crippen LogP) is 2.59. The Morgan fingerprint density at radius 1 is 1.26 bits per heavy atom. The highest BCUT2D eigenvalue weighted by molar-refractivity contribution is 6.28. The lowest BCUT2D eigenvalue weighted by molar-refractivity contribution is -0.125. The van der Waals surface area contributed by atoms with Crippen LogP contribution >= 0.6 is 11.6 Å². The molecule has 5 rings (SSSR count). The average molecular weight is 439 g/mol. The quantitative estimate of drug-likeness (QED) is 0.455. The fraction of sp³-hybridized carbons (Fsp3) is 0.300. The van der Waals surface area contributed by atoms with Crippen molar-refractivity contribution in [3.63, 3.8) is 0 Å². The number of nitrogens with zero attached hydrogens (tertiary/aromatic N) is 6. The van der Waals surface area contributed by atoms with E-state index >= 15 is 0 Å². The van der Waals surface area contributed by atoms with Gasteiger partial charge in [-0.25, -0.2) is 4.98 Å². The molecule has 4 aromatic rings. The van der Waals surface area contributed by atoms with Crippen molar-refractivity contribution >= 4 is 34.5 Å². The van der Waals surface area contributed by atoms with E-state index in [1.165, 1.54) is 0 Å². The third-order valence-corrected chi connectivity index (χ3v) is 5.41. The Morgan fingerprint density at radius 3 is 3.00 bits per heavy atom. The van der Waals surface area contributed by atoms with Crippen LogP contribution in [0.25, 0.3) is 22.6 Å². The molecule has 1 aromatic carbocycles. The summed E-state index contributed by atoms with van der Waals surface area (Å²) < 4.78 is 5.29. The van der Waals surface area contributed by atoms with Crippen LogP contribution in [0.5, 0.6) is 0 Å². The van der Waals surface area contributed by atoms with Gasteiger partial charge in [0.25, 0.3) is 5.89 Å². The van der Waals surface area contributed by atoms with Gasteiger partial charge in [0, 0.05) is 18.7 Å². The third-order valence-electron chi connectivity index (χ3n) is 5.24. The van der Waals surface area contributed by atoms with Gasteiger partial charge < -0.3 is 19.7 Å². The van der Waals surface area contributed by atoms with Gasteiger partial charge in [0.1, 0.15) is 5.52 Å². The number of fused-ring (bicyclic) bond motifs is 1. The van der Waals surface area contributed by atoms with Gasteiger partial charge in [0.05, 0.1) is 18.8 Å². The summed E-state index contributed by atoms with van der Waals surface area (Å²) in [5.41, 5.74) is 2.06. The van der Waals surface area contributed by atoms with Crippen molar-refractivity contribution in [1.82, 2.24) is 35.4 Å². The lowest BCUT2D eigenvalue weighted by Gasteiger charge is -2.32. The van der Waals surface area contributed by atoms with Crippen molar-refractivity contribution in [1.29, 1.82) is 0 Å². The van der Waals surface area contributed by atoms with Crippen LogP contribution in [0.2, 0.25) is 5.28 Å². The zero-order valence-corrected chi connectivity index (χ0v) is 17.2. The first-order valence-corrected chi connectivity index (χ1v) is 10.3. The Bertz CT molecular complexity index is 1210. The van der Waals surface area contributed by atoms with Crippen molar-refractivity contribution < 1.29 is 9.32 Å². The standard InChI is InChI=1S/C20H19ClN8O2/c21-20-26-16-15(23-11-24-16)17(27-20)29-8-4-7-13(10-29)18(30)22-9-14-25-19(31-28-14)12-5-2-1-3-6-12/h1-3,5-6,11,13H,4,7-10H2,(H,22,30)(H,23,24,26,27)/t13-/m1/s1. The maximum atomic E-state index is 12.8. The molecule has 1 atom stereocenters. The van der Waals surface area contributed by atoms with E-state index in [9.17, 15) is 4.79 Å². The molecule has 1 fully saturated rings. The van der Waals surface area contributed by atoms with Crippen molar-refractivity contribution in [2.24, 2.45) is 5.92 Å². The van der Waals surface area contributed by atoms with Gasteiger partial charge in [0.15, 0.2) is 17.3 Å². The number of hydrogen-bond donors (Lipinski definition) is 2. The fourth-order valence-corrected chi connectivity index (χ4v) is 3.90. The SMILES string of the molecule is O=C(NCc1noc(-c2ccccc2)n1)[C@@H]1CCCN(c2nc(Cl)nc3nc[nH]c23)C1. The average Bonchev–Trinajstić information content (AvgIpc) is 3.47. The Labute approximate surface area is 182 Å². The molecular formula is C20H19ClN8O2. The van der Waals surface area contributed by atoms with E-state index in [0.717, 1.165) is 24.9 Å².